The molecule has 1 amide bonds. The molecule has 2 aromatic rings. The molecular formula is C24H28N2O5. The molecule has 164 valence electrons. The highest BCUT2D eigenvalue weighted by Gasteiger charge is 2.42. The summed E-state index contributed by atoms with van der Waals surface area (Å²) >= 11 is 0. The lowest BCUT2D eigenvalue weighted by atomic mass is 9.95. The Kier molecular flexibility index (Phi) is 7.31. The van der Waals surface area contributed by atoms with E-state index in [0.29, 0.717) is 24.6 Å². The summed E-state index contributed by atoms with van der Waals surface area (Å²) in [6.45, 7) is 6.84. The molecule has 1 aromatic carbocycles. The van der Waals surface area contributed by atoms with Crippen molar-refractivity contribution in [2.45, 2.75) is 19.9 Å². The first-order chi connectivity index (χ1) is 15.0. The van der Waals surface area contributed by atoms with Gasteiger partial charge in [0.1, 0.15) is 11.5 Å². The van der Waals surface area contributed by atoms with E-state index in [4.69, 9.17) is 9.15 Å². The van der Waals surface area contributed by atoms with Crippen molar-refractivity contribution in [3.63, 3.8) is 0 Å². The van der Waals surface area contributed by atoms with Crippen molar-refractivity contribution in [1.29, 1.82) is 0 Å². The van der Waals surface area contributed by atoms with Gasteiger partial charge in [-0.05, 0) is 55.1 Å². The van der Waals surface area contributed by atoms with E-state index >= 15 is 0 Å². The molecule has 1 N–H and O–H groups in total. The number of rotatable bonds is 10. The number of ether oxygens (including phenoxy) is 1. The number of aliphatic hydroxyl groups excluding tert-OH is 1. The third kappa shape index (κ3) is 4.88. The van der Waals surface area contributed by atoms with Crippen molar-refractivity contribution in [2.75, 3.05) is 33.3 Å². The van der Waals surface area contributed by atoms with Gasteiger partial charge in [-0.1, -0.05) is 26.0 Å². The summed E-state index contributed by atoms with van der Waals surface area (Å²) in [6, 6.07) is 9.93. The average molecular weight is 424 g/mol. The number of hydrogen-bond acceptors (Lipinski definition) is 6. The maximum Gasteiger partial charge on any atom is 0.290 e. The van der Waals surface area contributed by atoms with Gasteiger partial charge < -0.3 is 24.1 Å². The molecule has 0 aliphatic carbocycles. The quantitative estimate of drug-likeness (QED) is 0.587. The second kappa shape index (κ2) is 10.1. The van der Waals surface area contributed by atoms with Crippen molar-refractivity contribution < 1.29 is 23.8 Å². The van der Waals surface area contributed by atoms with E-state index in [1.165, 1.54) is 18.4 Å². The minimum atomic E-state index is -0.678. The third-order valence-electron chi connectivity index (χ3n) is 5.49. The fraction of sp³-hybridized carbons (Fsp3) is 0.333. The van der Waals surface area contributed by atoms with Crippen LogP contribution in [0.4, 0.5) is 0 Å². The lowest BCUT2D eigenvalue weighted by Gasteiger charge is -2.29. The summed E-state index contributed by atoms with van der Waals surface area (Å²) in [4.78, 5) is 29.7. The number of amides is 1. The molecule has 0 unspecified atom stereocenters. The summed E-state index contributed by atoms with van der Waals surface area (Å²) in [5.74, 6) is -0.302. The van der Waals surface area contributed by atoms with Crippen molar-refractivity contribution in [3.8, 4) is 5.75 Å². The number of likely N-dealkylation sites (N-methyl/N-ethyl adjacent to an activating group) is 1. The number of hydrogen-bond donors (Lipinski definition) is 1. The van der Waals surface area contributed by atoms with Gasteiger partial charge in [0.15, 0.2) is 11.5 Å². The molecule has 7 heteroatoms. The van der Waals surface area contributed by atoms with Gasteiger partial charge in [-0.2, -0.15) is 0 Å². The molecule has 0 fully saturated rings. The molecule has 1 aromatic heterocycles. The molecule has 31 heavy (non-hydrogen) atoms. The van der Waals surface area contributed by atoms with E-state index in [2.05, 4.69) is 18.7 Å². The molecule has 0 bridgehead atoms. The van der Waals surface area contributed by atoms with Crippen LogP contribution in [0.15, 0.2) is 64.5 Å². The SMILES string of the molecule is CCN(CC)CCN1C(=O)C(O)=C(C(=O)/C=C/c2ccco2)[C@H]1c1ccc(OC)cc1. The van der Waals surface area contributed by atoms with Crippen LogP contribution in [0.2, 0.25) is 0 Å². The molecule has 0 spiro atoms. The topological polar surface area (TPSA) is 83.2 Å². The van der Waals surface area contributed by atoms with E-state index in [1.807, 2.05) is 12.1 Å². The fourth-order valence-corrected chi connectivity index (χ4v) is 3.69. The highest BCUT2D eigenvalue weighted by molar-refractivity contribution is 6.14. The first-order valence-corrected chi connectivity index (χ1v) is 10.4. The standard InChI is InChI=1S/C24H28N2O5/c1-4-25(5-2)14-15-26-22(17-8-10-18(30-3)11-9-17)21(23(28)24(26)29)20(27)13-12-19-7-6-16-31-19/h6-13,16,22,28H,4-5,14-15H2,1-3H3/b13-12+/t22-/m1/s1. The van der Waals surface area contributed by atoms with Gasteiger partial charge in [0.25, 0.3) is 5.91 Å². The van der Waals surface area contributed by atoms with E-state index < -0.39 is 23.5 Å². The molecule has 1 aliphatic rings. The minimum Gasteiger partial charge on any atom is -0.503 e. The van der Waals surface area contributed by atoms with Gasteiger partial charge in [-0.3, -0.25) is 9.59 Å². The molecule has 0 saturated carbocycles. The van der Waals surface area contributed by atoms with Crippen LogP contribution in [0, 0.1) is 0 Å². The van der Waals surface area contributed by atoms with Gasteiger partial charge in [0, 0.05) is 13.1 Å². The number of aliphatic hydroxyl groups is 1. The van der Waals surface area contributed by atoms with Gasteiger partial charge in [0.05, 0.1) is 25.0 Å². The summed E-state index contributed by atoms with van der Waals surface area (Å²) in [5.41, 5.74) is 0.796. The Morgan fingerprint density at radius 3 is 2.52 bits per heavy atom. The lowest BCUT2D eigenvalue weighted by Crippen LogP contribution is -2.38. The fourth-order valence-electron chi connectivity index (χ4n) is 3.69. The largest absolute Gasteiger partial charge is 0.503 e. The summed E-state index contributed by atoms with van der Waals surface area (Å²) in [7, 11) is 1.57. The zero-order valence-electron chi connectivity index (χ0n) is 18.1. The Labute approximate surface area is 182 Å². The monoisotopic (exact) mass is 424 g/mol. The predicted molar refractivity (Wildman–Crippen MR) is 118 cm³/mol. The highest BCUT2D eigenvalue weighted by atomic mass is 16.5. The zero-order chi connectivity index (χ0) is 22.4. The Hall–Kier alpha value is -3.32. The Bertz CT molecular complexity index is 956. The van der Waals surface area contributed by atoms with Crippen LogP contribution in [-0.4, -0.2) is 59.9 Å². The normalized spacial score (nSPS) is 16.7. The second-order valence-electron chi connectivity index (χ2n) is 7.18. The van der Waals surface area contributed by atoms with Crippen molar-refractivity contribution in [3.05, 3.63) is 71.4 Å². The smallest absolute Gasteiger partial charge is 0.290 e. The maximum absolute atomic E-state index is 13.0. The van der Waals surface area contributed by atoms with Crippen LogP contribution in [-0.2, 0) is 9.59 Å². The lowest BCUT2D eigenvalue weighted by molar-refractivity contribution is -0.129. The summed E-state index contributed by atoms with van der Waals surface area (Å²) in [5, 5.41) is 10.6. The molecule has 3 rings (SSSR count). The number of benzene rings is 1. The van der Waals surface area contributed by atoms with E-state index in [0.717, 1.165) is 18.7 Å². The van der Waals surface area contributed by atoms with Gasteiger partial charge in [0.2, 0.25) is 0 Å². The molecule has 0 radical (unpaired) electrons. The van der Waals surface area contributed by atoms with Gasteiger partial charge >= 0.3 is 0 Å². The Morgan fingerprint density at radius 1 is 1.23 bits per heavy atom. The van der Waals surface area contributed by atoms with Gasteiger partial charge in [-0.15, -0.1) is 0 Å². The average Bonchev–Trinajstić information content (AvgIpc) is 3.40. The molecule has 7 nitrogen and oxygen atoms in total. The highest BCUT2D eigenvalue weighted by Crippen LogP contribution is 2.38. The van der Waals surface area contributed by atoms with E-state index in [-0.39, 0.29) is 5.57 Å². The van der Waals surface area contributed by atoms with E-state index in [1.54, 1.807) is 36.3 Å². The number of furan rings is 1. The maximum atomic E-state index is 13.0. The predicted octanol–water partition coefficient (Wildman–Crippen LogP) is 3.61. The van der Waals surface area contributed by atoms with Crippen LogP contribution in [0.1, 0.15) is 31.2 Å². The Morgan fingerprint density at radius 2 is 1.94 bits per heavy atom. The zero-order valence-corrected chi connectivity index (χ0v) is 18.1. The number of carbonyl (C=O) groups is 2. The molecule has 1 aliphatic heterocycles. The minimum absolute atomic E-state index is 0.0671. The van der Waals surface area contributed by atoms with Crippen molar-refractivity contribution in [2.24, 2.45) is 0 Å². The van der Waals surface area contributed by atoms with Gasteiger partial charge in [-0.25, -0.2) is 0 Å². The number of ketones is 1. The van der Waals surface area contributed by atoms with Crippen LogP contribution >= 0.6 is 0 Å². The number of methoxy groups -OCH3 is 1. The van der Waals surface area contributed by atoms with Crippen LogP contribution in [0.5, 0.6) is 5.75 Å². The molecule has 0 saturated heterocycles. The molecular weight excluding hydrogens is 396 g/mol. The summed E-state index contributed by atoms with van der Waals surface area (Å²) < 4.78 is 10.5. The van der Waals surface area contributed by atoms with Crippen LogP contribution in [0.3, 0.4) is 0 Å². The number of nitrogens with zero attached hydrogens (tertiary/aromatic N) is 2. The number of carbonyl (C=O) groups excluding carboxylic acids is 2. The summed E-state index contributed by atoms with van der Waals surface area (Å²) in [6.07, 6.45) is 4.36. The molecule has 2 heterocycles. The van der Waals surface area contributed by atoms with Crippen molar-refractivity contribution in [1.82, 2.24) is 9.80 Å². The Balaban J connectivity index is 1.94. The number of allylic oxidation sites excluding steroid dienone is 1. The van der Waals surface area contributed by atoms with E-state index in [9.17, 15) is 14.7 Å². The third-order valence-corrected chi connectivity index (χ3v) is 5.49. The van der Waals surface area contributed by atoms with Crippen LogP contribution < -0.4 is 4.74 Å². The molecule has 1 atom stereocenters. The second-order valence-corrected chi connectivity index (χ2v) is 7.18. The van der Waals surface area contributed by atoms with Crippen molar-refractivity contribution >= 4 is 17.8 Å². The first-order valence-electron chi connectivity index (χ1n) is 10.4. The van der Waals surface area contributed by atoms with Crippen LogP contribution in [0.25, 0.3) is 6.08 Å². The first kappa shape index (κ1) is 22.4.